The number of ether oxygens (including phenoxy) is 3. The molecule has 0 aliphatic heterocycles. The van der Waals surface area contributed by atoms with E-state index in [2.05, 4.69) is 46.0 Å². The third kappa shape index (κ3) is 5.18. The molecule has 3 aromatic carbocycles. The van der Waals surface area contributed by atoms with Crippen LogP contribution in [0.25, 0.3) is 22.0 Å². The summed E-state index contributed by atoms with van der Waals surface area (Å²) in [6, 6.07) is 20.1. The third-order valence-electron chi connectivity index (χ3n) is 5.83. The standard InChI is InChI=1S/C28H28N4O4/c1-34-25-13-22(14-26(35-2)28(25)36-3)32-27-21(15-29)17-31-24-12-20(8-9-23(24)27)19-6-4-18(5-7-19)16-30-10-11-33/h4-9,12-14,17,30,33H,10-11,16H2,1-3H3,(H,31,32). The quantitative estimate of drug-likeness (QED) is 0.280. The van der Waals surface area contributed by atoms with Gasteiger partial charge in [0.15, 0.2) is 11.5 Å². The first-order valence-electron chi connectivity index (χ1n) is 11.4. The molecule has 4 aromatic rings. The number of aliphatic hydroxyl groups excluding tert-OH is 1. The number of anilines is 2. The van der Waals surface area contributed by atoms with Gasteiger partial charge in [0.25, 0.3) is 0 Å². The lowest BCUT2D eigenvalue weighted by atomic mass is 10.0. The van der Waals surface area contributed by atoms with Gasteiger partial charge in [-0.2, -0.15) is 5.26 Å². The molecule has 1 heterocycles. The normalized spacial score (nSPS) is 10.6. The Hall–Kier alpha value is -4.32. The molecule has 0 unspecified atom stereocenters. The maximum Gasteiger partial charge on any atom is 0.203 e. The van der Waals surface area contributed by atoms with E-state index in [0.29, 0.717) is 47.3 Å². The number of nitrogens with zero attached hydrogens (tertiary/aromatic N) is 2. The van der Waals surface area contributed by atoms with E-state index in [0.717, 1.165) is 27.6 Å². The van der Waals surface area contributed by atoms with Crippen LogP contribution in [0.15, 0.2) is 60.8 Å². The second kappa shape index (κ2) is 11.4. The first-order chi connectivity index (χ1) is 17.6. The number of aromatic nitrogens is 1. The van der Waals surface area contributed by atoms with Crippen LogP contribution in [0.5, 0.6) is 17.2 Å². The molecule has 0 amide bonds. The summed E-state index contributed by atoms with van der Waals surface area (Å²) in [5, 5.41) is 26.0. The molecular weight excluding hydrogens is 456 g/mol. The molecule has 8 nitrogen and oxygen atoms in total. The number of nitriles is 1. The molecule has 0 bridgehead atoms. The zero-order chi connectivity index (χ0) is 25.5. The second-order valence-electron chi connectivity index (χ2n) is 8.03. The molecule has 0 aliphatic carbocycles. The Kier molecular flexibility index (Phi) is 7.85. The Labute approximate surface area is 210 Å². The van der Waals surface area contributed by atoms with Crippen molar-refractivity contribution in [3.8, 4) is 34.4 Å². The van der Waals surface area contributed by atoms with Gasteiger partial charge in [0, 0.05) is 42.5 Å². The summed E-state index contributed by atoms with van der Waals surface area (Å²) < 4.78 is 16.3. The van der Waals surface area contributed by atoms with Crippen LogP contribution in [-0.4, -0.2) is 44.6 Å². The fourth-order valence-corrected chi connectivity index (χ4v) is 4.02. The van der Waals surface area contributed by atoms with Crippen LogP contribution in [0.4, 0.5) is 11.4 Å². The molecule has 36 heavy (non-hydrogen) atoms. The monoisotopic (exact) mass is 484 g/mol. The van der Waals surface area contributed by atoms with E-state index >= 15 is 0 Å². The number of methoxy groups -OCH3 is 3. The van der Waals surface area contributed by atoms with Gasteiger partial charge in [0.05, 0.1) is 44.7 Å². The van der Waals surface area contributed by atoms with Crippen molar-refractivity contribution in [1.82, 2.24) is 10.3 Å². The van der Waals surface area contributed by atoms with Gasteiger partial charge < -0.3 is 30.0 Å². The molecule has 0 fully saturated rings. The number of fused-ring (bicyclic) bond motifs is 1. The molecule has 0 saturated heterocycles. The zero-order valence-electron chi connectivity index (χ0n) is 20.5. The summed E-state index contributed by atoms with van der Waals surface area (Å²) in [7, 11) is 4.67. The van der Waals surface area contributed by atoms with E-state index in [4.69, 9.17) is 19.3 Å². The molecular formula is C28H28N4O4. The molecule has 0 radical (unpaired) electrons. The average molecular weight is 485 g/mol. The molecule has 0 atom stereocenters. The highest BCUT2D eigenvalue weighted by Crippen LogP contribution is 2.41. The van der Waals surface area contributed by atoms with Gasteiger partial charge in [-0.25, -0.2) is 0 Å². The van der Waals surface area contributed by atoms with Gasteiger partial charge in [-0.3, -0.25) is 4.98 Å². The van der Waals surface area contributed by atoms with E-state index in [-0.39, 0.29) is 6.61 Å². The number of pyridine rings is 1. The second-order valence-corrected chi connectivity index (χ2v) is 8.03. The van der Waals surface area contributed by atoms with Crippen molar-refractivity contribution in [2.45, 2.75) is 6.54 Å². The predicted molar refractivity (Wildman–Crippen MR) is 140 cm³/mol. The van der Waals surface area contributed by atoms with E-state index < -0.39 is 0 Å². The summed E-state index contributed by atoms with van der Waals surface area (Å²) in [4.78, 5) is 4.54. The maximum absolute atomic E-state index is 9.76. The highest BCUT2D eigenvalue weighted by Gasteiger charge is 2.16. The molecule has 3 N–H and O–H groups in total. The fourth-order valence-electron chi connectivity index (χ4n) is 4.02. The van der Waals surface area contributed by atoms with Crippen molar-refractivity contribution in [2.24, 2.45) is 0 Å². The lowest BCUT2D eigenvalue weighted by Gasteiger charge is -2.17. The van der Waals surface area contributed by atoms with Crippen LogP contribution in [0.2, 0.25) is 0 Å². The van der Waals surface area contributed by atoms with Gasteiger partial charge in [-0.05, 0) is 22.8 Å². The number of benzene rings is 3. The maximum atomic E-state index is 9.76. The van der Waals surface area contributed by atoms with Crippen molar-refractivity contribution in [3.05, 3.63) is 71.9 Å². The lowest BCUT2D eigenvalue weighted by molar-refractivity contribution is 0.292. The Morgan fingerprint density at radius 2 is 1.61 bits per heavy atom. The third-order valence-corrected chi connectivity index (χ3v) is 5.83. The molecule has 1 aromatic heterocycles. The number of aliphatic hydroxyl groups is 1. The Balaban J connectivity index is 1.69. The first kappa shape index (κ1) is 24.8. The molecule has 0 spiro atoms. The summed E-state index contributed by atoms with van der Waals surface area (Å²) in [6.07, 6.45) is 1.57. The zero-order valence-corrected chi connectivity index (χ0v) is 20.5. The Bertz CT molecular complexity index is 1370. The van der Waals surface area contributed by atoms with Crippen molar-refractivity contribution in [2.75, 3.05) is 39.8 Å². The van der Waals surface area contributed by atoms with Crippen LogP contribution in [-0.2, 0) is 6.54 Å². The number of hydrogen-bond donors (Lipinski definition) is 3. The number of rotatable bonds is 10. The van der Waals surface area contributed by atoms with Crippen molar-refractivity contribution in [1.29, 1.82) is 5.26 Å². The van der Waals surface area contributed by atoms with Gasteiger partial charge in [0.1, 0.15) is 6.07 Å². The summed E-state index contributed by atoms with van der Waals surface area (Å²) in [5.74, 6) is 1.51. The number of nitrogens with one attached hydrogen (secondary N) is 2. The summed E-state index contributed by atoms with van der Waals surface area (Å²) in [6.45, 7) is 1.38. The SMILES string of the molecule is COc1cc(Nc2c(C#N)cnc3cc(-c4ccc(CNCCO)cc4)ccc23)cc(OC)c1OC. The largest absolute Gasteiger partial charge is 0.493 e. The van der Waals surface area contributed by atoms with Crippen LogP contribution in [0.3, 0.4) is 0 Å². The van der Waals surface area contributed by atoms with Crippen LogP contribution in [0, 0.1) is 11.3 Å². The summed E-state index contributed by atoms with van der Waals surface area (Å²) >= 11 is 0. The van der Waals surface area contributed by atoms with E-state index in [1.165, 1.54) is 0 Å². The van der Waals surface area contributed by atoms with Crippen LogP contribution < -0.4 is 24.8 Å². The smallest absolute Gasteiger partial charge is 0.203 e. The Morgan fingerprint density at radius 3 is 2.22 bits per heavy atom. The van der Waals surface area contributed by atoms with Crippen LogP contribution >= 0.6 is 0 Å². The van der Waals surface area contributed by atoms with Gasteiger partial charge in [-0.1, -0.05) is 36.4 Å². The summed E-state index contributed by atoms with van der Waals surface area (Å²) in [5.41, 5.74) is 5.73. The van der Waals surface area contributed by atoms with E-state index in [9.17, 15) is 5.26 Å². The molecule has 0 aliphatic rings. The van der Waals surface area contributed by atoms with Gasteiger partial charge >= 0.3 is 0 Å². The van der Waals surface area contributed by atoms with Crippen LogP contribution in [0.1, 0.15) is 11.1 Å². The Morgan fingerprint density at radius 1 is 0.917 bits per heavy atom. The molecule has 8 heteroatoms. The molecule has 4 rings (SSSR count). The van der Waals surface area contributed by atoms with E-state index in [1.54, 1.807) is 39.7 Å². The lowest BCUT2D eigenvalue weighted by Crippen LogP contribution is -2.17. The minimum atomic E-state index is 0.117. The van der Waals surface area contributed by atoms with E-state index in [1.807, 2.05) is 18.2 Å². The van der Waals surface area contributed by atoms with Crippen molar-refractivity contribution in [3.63, 3.8) is 0 Å². The minimum absolute atomic E-state index is 0.117. The van der Waals surface area contributed by atoms with Crippen molar-refractivity contribution >= 4 is 22.3 Å². The average Bonchev–Trinajstić information content (AvgIpc) is 2.92. The predicted octanol–water partition coefficient (Wildman–Crippen LogP) is 4.62. The highest BCUT2D eigenvalue weighted by atomic mass is 16.5. The first-order valence-corrected chi connectivity index (χ1v) is 11.4. The highest BCUT2D eigenvalue weighted by molar-refractivity contribution is 5.98. The van der Waals surface area contributed by atoms with Gasteiger partial charge in [-0.15, -0.1) is 0 Å². The van der Waals surface area contributed by atoms with Gasteiger partial charge in [0.2, 0.25) is 5.75 Å². The molecule has 184 valence electrons. The topological polar surface area (TPSA) is 109 Å². The van der Waals surface area contributed by atoms with Crippen molar-refractivity contribution < 1.29 is 19.3 Å². The molecule has 0 saturated carbocycles. The minimum Gasteiger partial charge on any atom is -0.493 e. The number of hydrogen-bond acceptors (Lipinski definition) is 8. The fraction of sp³-hybridized carbons (Fsp3) is 0.214.